The lowest BCUT2D eigenvalue weighted by molar-refractivity contribution is -0.658. The van der Waals surface area contributed by atoms with Crippen LogP contribution in [0.2, 0.25) is 0 Å². The number of benzene rings is 1. The third-order valence-electron chi connectivity index (χ3n) is 8.21. The van der Waals surface area contributed by atoms with E-state index in [1.807, 2.05) is 39.8 Å². The van der Waals surface area contributed by atoms with E-state index in [2.05, 4.69) is 20.4 Å². The molecule has 1 spiro atoms. The minimum Gasteiger partial charge on any atom is -0.444 e. The molecule has 8 nitrogen and oxygen atoms in total. The molecule has 1 aliphatic heterocycles. The van der Waals surface area contributed by atoms with E-state index >= 15 is 0 Å². The molecule has 0 atom stereocenters. The molecule has 1 amide bonds. The van der Waals surface area contributed by atoms with Crippen molar-refractivity contribution in [1.29, 1.82) is 0 Å². The van der Waals surface area contributed by atoms with E-state index in [1.54, 1.807) is 35.2 Å². The predicted octanol–water partition coefficient (Wildman–Crippen LogP) is 5.83. The number of carbonyl (C=O) groups excluding carboxylic acids is 1. The first-order chi connectivity index (χ1) is 18.9. The third kappa shape index (κ3) is 5.36. The van der Waals surface area contributed by atoms with Crippen LogP contribution in [0.25, 0.3) is 27.7 Å². The average Bonchev–Trinajstić information content (AvgIpc) is 3.19. The van der Waals surface area contributed by atoms with Crippen LogP contribution < -0.4 is 15.0 Å². The molecular formula is C30H38F2N5O3+. The van der Waals surface area contributed by atoms with Gasteiger partial charge in [0, 0.05) is 25.7 Å². The van der Waals surface area contributed by atoms with Crippen LogP contribution in [0, 0.1) is 5.41 Å². The molecule has 10 heteroatoms. The Labute approximate surface area is 233 Å². The van der Waals surface area contributed by atoms with E-state index in [0.29, 0.717) is 18.9 Å². The smallest absolute Gasteiger partial charge is 0.410 e. The number of fused-ring (bicyclic) bond motifs is 1. The van der Waals surface area contributed by atoms with Gasteiger partial charge in [-0.15, -0.1) is 0 Å². The number of ether oxygens (including phenoxy) is 2. The average molecular weight is 555 g/mol. The number of nitrogen functional groups attached to an aromatic ring is 1. The van der Waals surface area contributed by atoms with Gasteiger partial charge in [-0.1, -0.05) is 23.2 Å². The fourth-order valence-electron chi connectivity index (χ4n) is 6.01. The van der Waals surface area contributed by atoms with Crippen LogP contribution in [-0.4, -0.2) is 45.8 Å². The number of anilines is 1. The number of likely N-dealkylation sites (tertiary alicyclic amines) is 1. The highest BCUT2D eigenvalue weighted by atomic mass is 19.3. The Hall–Kier alpha value is -3.69. The molecule has 3 heterocycles. The molecule has 2 aromatic heterocycles. The molecule has 40 heavy (non-hydrogen) atoms. The third-order valence-corrected chi connectivity index (χ3v) is 8.21. The number of allylic oxidation sites excluding steroid dienone is 2. The number of amides is 1. The molecule has 1 saturated heterocycles. The van der Waals surface area contributed by atoms with E-state index in [1.165, 1.54) is 5.57 Å². The summed E-state index contributed by atoms with van der Waals surface area (Å²) in [4.78, 5) is 19.1. The number of halogens is 2. The SMILES string of the molecule is Cn1c(C2=CCC3(CC2)CCN(C(=O)OC(C)(C)C)CC3)c(-c2ccc(OC(F)F)cc2)c2c(N)[n+](C)cnc21. The summed E-state index contributed by atoms with van der Waals surface area (Å²) in [5.74, 6) is 0.686. The molecule has 5 rings (SSSR count). The molecule has 2 aliphatic rings. The van der Waals surface area contributed by atoms with Gasteiger partial charge in [-0.3, -0.25) is 0 Å². The van der Waals surface area contributed by atoms with Gasteiger partial charge >= 0.3 is 12.7 Å². The highest BCUT2D eigenvalue weighted by Crippen LogP contribution is 2.48. The number of alkyl halides is 2. The van der Waals surface area contributed by atoms with Crippen LogP contribution in [0.3, 0.4) is 0 Å². The van der Waals surface area contributed by atoms with Crippen LogP contribution >= 0.6 is 0 Å². The van der Waals surface area contributed by atoms with Gasteiger partial charge < -0.3 is 24.7 Å². The maximum Gasteiger partial charge on any atom is 0.410 e. The summed E-state index contributed by atoms with van der Waals surface area (Å²) in [6, 6.07) is 6.69. The topological polar surface area (TPSA) is 86.5 Å². The van der Waals surface area contributed by atoms with E-state index in [9.17, 15) is 13.6 Å². The van der Waals surface area contributed by atoms with E-state index in [-0.39, 0.29) is 17.3 Å². The summed E-state index contributed by atoms with van der Waals surface area (Å²) in [6.45, 7) is 4.18. The first-order valence-corrected chi connectivity index (χ1v) is 13.7. The van der Waals surface area contributed by atoms with Crippen molar-refractivity contribution >= 4 is 28.5 Å². The quantitative estimate of drug-likeness (QED) is 0.410. The maximum atomic E-state index is 12.8. The van der Waals surface area contributed by atoms with Gasteiger partial charge in [0.2, 0.25) is 17.8 Å². The number of aromatic nitrogens is 3. The number of hydrogen-bond acceptors (Lipinski definition) is 5. The summed E-state index contributed by atoms with van der Waals surface area (Å²) in [5, 5.41) is 0.830. The fraction of sp³-hybridized carbons (Fsp3) is 0.500. The largest absolute Gasteiger partial charge is 0.444 e. The second kappa shape index (κ2) is 10.4. The van der Waals surface area contributed by atoms with Gasteiger partial charge in [-0.2, -0.15) is 8.78 Å². The Bertz CT molecular complexity index is 1450. The zero-order chi connectivity index (χ0) is 28.8. The molecule has 1 aromatic carbocycles. The number of nitrogens with two attached hydrogens (primary N) is 1. The molecule has 0 unspecified atom stereocenters. The fourth-order valence-corrected chi connectivity index (χ4v) is 6.01. The monoisotopic (exact) mass is 554 g/mol. The number of rotatable bonds is 4. The highest BCUT2D eigenvalue weighted by molar-refractivity contribution is 6.05. The zero-order valence-electron chi connectivity index (χ0n) is 23.8. The number of hydrogen-bond donors (Lipinski definition) is 1. The number of nitrogens with zero attached hydrogens (tertiary/aromatic N) is 4. The molecule has 0 bridgehead atoms. The lowest BCUT2D eigenvalue weighted by Gasteiger charge is -2.43. The Balaban J connectivity index is 1.46. The Morgan fingerprint density at radius 3 is 2.40 bits per heavy atom. The van der Waals surface area contributed by atoms with Crippen molar-refractivity contribution in [3.05, 3.63) is 42.4 Å². The highest BCUT2D eigenvalue weighted by Gasteiger charge is 2.39. The van der Waals surface area contributed by atoms with Gasteiger partial charge in [0.25, 0.3) is 0 Å². The first kappa shape index (κ1) is 27.9. The summed E-state index contributed by atoms with van der Waals surface area (Å²) < 4.78 is 39.5. The molecule has 0 radical (unpaired) electrons. The molecule has 3 aromatic rings. The van der Waals surface area contributed by atoms with Crippen molar-refractivity contribution < 1.29 is 27.6 Å². The lowest BCUT2D eigenvalue weighted by atomic mass is 9.68. The second-order valence-electron chi connectivity index (χ2n) is 12.0. The number of aryl methyl sites for hydroxylation is 2. The van der Waals surface area contributed by atoms with Gasteiger partial charge in [0.15, 0.2) is 0 Å². The Morgan fingerprint density at radius 1 is 1.15 bits per heavy atom. The summed E-state index contributed by atoms with van der Waals surface area (Å²) in [6.07, 6.45) is 8.48. The molecule has 1 aliphatic carbocycles. The van der Waals surface area contributed by atoms with Crippen molar-refractivity contribution in [3.63, 3.8) is 0 Å². The van der Waals surface area contributed by atoms with Crippen LogP contribution in [0.4, 0.5) is 19.4 Å². The van der Waals surface area contributed by atoms with Crippen molar-refractivity contribution in [1.82, 2.24) is 14.5 Å². The van der Waals surface area contributed by atoms with Crippen LogP contribution in [0.5, 0.6) is 5.75 Å². The van der Waals surface area contributed by atoms with Crippen LogP contribution in [0.15, 0.2) is 36.7 Å². The number of carbonyl (C=O) groups is 1. The lowest BCUT2D eigenvalue weighted by Crippen LogP contribution is -2.45. The van der Waals surface area contributed by atoms with Crippen molar-refractivity contribution in [2.45, 2.75) is 65.1 Å². The summed E-state index contributed by atoms with van der Waals surface area (Å²) >= 11 is 0. The molecule has 1 fully saturated rings. The standard InChI is InChI=1S/C30H37F2N5O3/c1-29(2,3)40-28(38)37-16-14-30(15-17-37)12-10-20(11-13-30)24-22(19-6-8-21(9-7-19)39-27(31)32)23-25(33)35(4)18-34-26(23)36(24)5/h6-10,18,27,33H,11-17H2,1-5H3/p+1. The van der Waals surface area contributed by atoms with E-state index in [0.717, 1.165) is 60.0 Å². The maximum absolute atomic E-state index is 12.8. The summed E-state index contributed by atoms with van der Waals surface area (Å²) in [5.41, 5.74) is 11.0. The molecule has 2 N–H and O–H groups in total. The molecule has 0 saturated carbocycles. The normalized spacial score (nSPS) is 17.4. The predicted molar refractivity (Wildman–Crippen MR) is 150 cm³/mol. The van der Waals surface area contributed by atoms with Gasteiger partial charge in [0.1, 0.15) is 16.7 Å². The van der Waals surface area contributed by atoms with Crippen molar-refractivity contribution in [2.24, 2.45) is 19.5 Å². The van der Waals surface area contributed by atoms with Gasteiger partial charge in [0.05, 0.1) is 12.7 Å². The molecular weight excluding hydrogens is 516 g/mol. The van der Waals surface area contributed by atoms with Crippen molar-refractivity contribution in [3.8, 4) is 16.9 Å². The first-order valence-electron chi connectivity index (χ1n) is 13.7. The van der Waals surface area contributed by atoms with Crippen LogP contribution in [0.1, 0.15) is 58.6 Å². The van der Waals surface area contributed by atoms with E-state index in [4.69, 9.17) is 10.5 Å². The Kier molecular flexibility index (Phi) is 7.22. The van der Waals surface area contributed by atoms with Gasteiger partial charge in [-0.25, -0.2) is 9.36 Å². The van der Waals surface area contributed by atoms with Gasteiger partial charge in [-0.05, 0) is 81.6 Å². The number of piperidine rings is 1. The second-order valence-corrected chi connectivity index (χ2v) is 12.0. The van der Waals surface area contributed by atoms with E-state index < -0.39 is 12.2 Å². The Morgan fingerprint density at radius 2 is 1.82 bits per heavy atom. The molecule has 214 valence electrons. The minimum absolute atomic E-state index is 0.105. The van der Waals surface area contributed by atoms with Crippen LogP contribution in [-0.2, 0) is 18.8 Å². The summed E-state index contributed by atoms with van der Waals surface area (Å²) in [7, 11) is 3.84. The zero-order valence-corrected chi connectivity index (χ0v) is 23.8. The van der Waals surface area contributed by atoms with Crippen molar-refractivity contribution in [2.75, 3.05) is 18.8 Å². The minimum atomic E-state index is -2.88.